The van der Waals surface area contributed by atoms with Crippen molar-refractivity contribution in [2.45, 2.75) is 32.4 Å². The molecular weight excluding hydrogens is 195 g/mol. The average Bonchev–Trinajstić information content (AvgIpc) is 2.08. The van der Waals surface area contributed by atoms with Crippen LogP contribution in [0.3, 0.4) is 0 Å². The molecule has 5 heteroatoms. The van der Waals surface area contributed by atoms with Crippen LogP contribution in [0.4, 0.5) is 13.2 Å². The molecule has 0 saturated heterocycles. The van der Waals surface area contributed by atoms with Crippen molar-refractivity contribution in [2.75, 3.05) is 19.7 Å². The molecule has 0 aromatic heterocycles. The van der Waals surface area contributed by atoms with E-state index in [4.69, 9.17) is 5.11 Å². The number of hydrogen-bond acceptors (Lipinski definition) is 2. The summed E-state index contributed by atoms with van der Waals surface area (Å²) in [5.41, 5.74) is 0. The van der Waals surface area contributed by atoms with Crippen molar-refractivity contribution >= 4 is 0 Å². The molecule has 0 radical (unpaired) electrons. The second-order valence-electron chi connectivity index (χ2n) is 3.55. The number of nitrogens with one attached hydrogen (secondary N) is 1. The minimum atomic E-state index is -4.06. The number of rotatable bonds is 7. The predicted molar refractivity (Wildman–Crippen MR) is 49.0 cm³/mol. The molecule has 0 aliphatic rings. The lowest BCUT2D eigenvalue weighted by atomic mass is 10.1. The van der Waals surface area contributed by atoms with E-state index in [0.717, 1.165) is 12.8 Å². The van der Waals surface area contributed by atoms with E-state index >= 15 is 0 Å². The van der Waals surface area contributed by atoms with Crippen LogP contribution in [0.2, 0.25) is 0 Å². The van der Waals surface area contributed by atoms with Crippen LogP contribution >= 0.6 is 0 Å². The van der Waals surface area contributed by atoms with Crippen molar-refractivity contribution in [3.63, 3.8) is 0 Å². The van der Waals surface area contributed by atoms with Gasteiger partial charge in [-0.2, -0.15) is 13.2 Å². The summed E-state index contributed by atoms with van der Waals surface area (Å²) >= 11 is 0. The van der Waals surface area contributed by atoms with Gasteiger partial charge in [-0.25, -0.2) is 0 Å². The summed E-state index contributed by atoms with van der Waals surface area (Å²) in [7, 11) is 0. The standard InChI is InChI=1S/C9H18F3NO/c1-8(7-14)3-2-5-13-6-4-9(10,11)12/h8,13-14H,2-7H2,1H3. The average molecular weight is 213 g/mol. The van der Waals surface area contributed by atoms with Crippen molar-refractivity contribution in [2.24, 2.45) is 5.92 Å². The third-order valence-electron chi connectivity index (χ3n) is 1.95. The van der Waals surface area contributed by atoms with Gasteiger partial charge in [0, 0.05) is 13.2 Å². The predicted octanol–water partition coefficient (Wildman–Crippen LogP) is 1.94. The Balaban J connectivity index is 3.14. The van der Waals surface area contributed by atoms with E-state index in [0.29, 0.717) is 6.54 Å². The maximum atomic E-state index is 11.7. The van der Waals surface area contributed by atoms with Crippen LogP contribution in [0, 0.1) is 5.92 Å². The summed E-state index contributed by atoms with van der Waals surface area (Å²) in [6.45, 7) is 2.62. The highest BCUT2D eigenvalue weighted by Crippen LogP contribution is 2.18. The Hall–Kier alpha value is -0.290. The molecule has 14 heavy (non-hydrogen) atoms. The Morgan fingerprint density at radius 2 is 1.93 bits per heavy atom. The van der Waals surface area contributed by atoms with Crippen molar-refractivity contribution in [1.29, 1.82) is 0 Å². The van der Waals surface area contributed by atoms with Crippen molar-refractivity contribution < 1.29 is 18.3 Å². The van der Waals surface area contributed by atoms with Crippen molar-refractivity contribution in [3.05, 3.63) is 0 Å². The molecule has 0 amide bonds. The molecule has 2 N–H and O–H groups in total. The van der Waals surface area contributed by atoms with Gasteiger partial charge in [-0.1, -0.05) is 6.92 Å². The third kappa shape index (κ3) is 9.80. The highest BCUT2D eigenvalue weighted by atomic mass is 19.4. The van der Waals surface area contributed by atoms with E-state index in [9.17, 15) is 13.2 Å². The summed E-state index contributed by atoms with van der Waals surface area (Å²) in [5, 5.41) is 11.4. The Labute approximate surface area is 82.5 Å². The Morgan fingerprint density at radius 3 is 2.43 bits per heavy atom. The molecule has 0 saturated carbocycles. The Morgan fingerprint density at radius 1 is 1.29 bits per heavy atom. The van der Waals surface area contributed by atoms with Crippen LogP contribution in [0.25, 0.3) is 0 Å². The molecule has 0 aromatic rings. The van der Waals surface area contributed by atoms with Gasteiger partial charge in [0.2, 0.25) is 0 Å². The van der Waals surface area contributed by atoms with Gasteiger partial charge in [0.05, 0.1) is 6.42 Å². The van der Waals surface area contributed by atoms with Crippen LogP contribution in [-0.2, 0) is 0 Å². The van der Waals surface area contributed by atoms with Crippen molar-refractivity contribution in [3.8, 4) is 0 Å². The van der Waals surface area contributed by atoms with Gasteiger partial charge in [-0.3, -0.25) is 0 Å². The lowest BCUT2D eigenvalue weighted by Gasteiger charge is -2.09. The fraction of sp³-hybridized carbons (Fsp3) is 1.00. The molecule has 0 aromatic carbocycles. The maximum absolute atomic E-state index is 11.7. The van der Waals surface area contributed by atoms with Crippen LogP contribution in [-0.4, -0.2) is 31.0 Å². The molecule has 0 spiro atoms. The molecule has 2 nitrogen and oxygen atoms in total. The third-order valence-corrected chi connectivity index (χ3v) is 1.95. The minimum Gasteiger partial charge on any atom is -0.396 e. The van der Waals surface area contributed by atoms with Crippen LogP contribution in [0.15, 0.2) is 0 Å². The normalized spacial score (nSPS) is 14.4. The lowest BCUT2D eigenvalue weighted by Crippen LogP contribution is -2.23. The fourth-order valence-electron chi connectivity index (χ4n) is 1.02. The topological polar surface area (TPSA) is 32.3 Å². The number of aliphatic hydroxyl groups is 1. The summed E-state index contributed by atoms with van der Waals surface area (Å²) in [4.78, 5) is 0. The maximum Gasteiger partial charge on any atom is 0.390 e. The first-order chi connectivity index (χ1) is 6.45. The van der Waals surface area contributed by atoms with E-state index in [1.807, 2.05) is 6.92 Å². The van der Waals surface area contributed by atoms with E-state index in [-0.39, 0.29) is 19.1 Å². The molecule has 0 aliphatic carbocycles. The van der Waals surface area contributed by atoms with Crippen molar-refractivity contribution in [1.82, 2.24) is 5.32 Å². The van der Waals surface area contributed by atoms with E-state index in [2.05, 4.69) is 5.32 Å². The molecule has 1 atom stereocenters. The highest BCUT2D eigenvalue weighted by molar-refractivity contribution is 4.56. The quantitative estimate of drug-likeness (QED) is 0.633. The van der Waals surface area contributed by atoms with Gasteiger partial charge in [-0.05, 0) is 25.3 Å². The zero-order chi connectivity index (χ0) is 11.0. The zero-order valence-corrected chi connectivity index (χ0v) is 8.40. The van der Waals surface area contributed by atoms with Gasteiger partial charge in [0.25, 0.3) is 0 Å². The first-order valence-corrected chi connectivity index (χ1v) is 4.84. The van der Waals surface area contributed by atoms with Gasteiger partial charge in [0.15, 0.2) is 0 Å². The molecule has 0 heterocycles. The molecule has 0 fully saturated rings. The summed E-state index contributed by atoms with van der Waals surface area (Å²) in [6, 6.07) is 0. The smallest absolute Gasteiger partial charge is 0.390 e. The van der Waals surface area contributed by atoms with Gasteiger partial charge < -0.3 is 10.4 Å². The van der Waals surface area contributed by atoms with E-state index in [1.54, 1.807) is 0 Å². The van der Waals surface area contributed by atoms with Crippen LogP contribution in [0.1, 0.15) is 26.2 Å². The second-order valence-corrected chi connectivity index (χ2v) is 3.55. The number of halogens is 3. The Kier molecular flexibility index (Phi) is 6.92. The first kappa shape index (κ1) is 13.7. The molecule has 0 rings (SSSR count). The number of alkyl halides is 3. The fourth-order valence-corrected chi connectivity index (χ4v) is 1.02. The molecule has 86 valence electrons. The number of aliphatic hydroxyl groups excluding tert-OH is 1. The zero-order valence-electron chi connectivity index (χ0n) is 8.40. The monoisotopic (exact) mass is 213 g/mol. The number of hydrogen-bond donors (Lipinski definition) is 2. The molecular formula is C9H18F3NO. The summed E-state index contributed by atoms with van der Waals surface area (Å²) < 4.78 is 35.0. The van der Waals surface area contributed by atoms with Gasteiger partial charge >= 0.3 is 6.18 Å². The van der Waals surface area contributed by atoms with Gasteiger partial charge in [-0.15, -0.1) is 0 Å². The van der Waals surface area contributed by atoms with Gasteiger partial charge in [0.1, 0.15) is 0 Å². The highest BCUT2D eigenvalue weighted by Gasteiger charge is 2.25. The summed E-state index contributed by atoms with van der Waals surface area (Å²) in [6.07, 6.45) is -3.19. The Bertz CT molecular complexity index is 139. The first-order valence-electron chi connectivity index (χ1n) is 4.84. The minimum absolute atomic E-state index is 0.0169. The van der Waals surface area contributed by atoms with E-state index < -0.39 is 12.6 Å². The largest absolute Gasteiger partial charge is 0.396 e. The lowest BCUT2D eigenvalue weighted by molar-refractivity contribution is -0.133. The molecule has 1 unspecified atom stereocenters. The van der Waals surface area contributed by atoms with Crippen LogP contribution in [0.5, 0.6) is 0 Å². The SMILES string of the molecule is CC(CO)CCCNCCC(F)(F)F. The molecule has 0 bridgehead atoms. The van der Waals surface area contributed by atoms with E-state index in [1.165, 1.54) is 0 Å². The van der Waals surface area contributed by atoms with Crippen LogP contribution < -0.4 is 5.32 Å². The molecule has 0 aliphatic heterocycles. The second kappa shape index (κ2) is 7.06. The summed E-state index contributed by atoms with van der Waals surface area (Å²) in [5.74, 6) is 0.236.